The maximum absolute atomic E-state index is 12.0. The molecule has 0 unspecified atom stereocenters. The first-order valence-electron chi connectivity index (χ1n) is 7.06. The molecule has 2 rings (SSSR count). The molecule has 2 N–H and O–H groups in total. The van der Waals surface area contributed by atoms with E-state index in [1.54, 1.807) is 22.9 Å². The van der Waals surface area contributed by atoms with Crippen molar-refractivity contribution in [2.45, 2.75) is 33.2 Å². The van der Waals surface area contributed by atoms with Crippen molar-refractivity contribution in [3.8, 4) is 5.69 Å². The summed E-state index contributed by atoms with van der Waals surface area (Å²) in [5.74, 6) is -0.317. The van der Waals surface area contributed by atoms with Gasteiger partial charge in [-0.2, -0.15) is 0 Å². The van der Waals surface area contributed by atoms with Gasteiger partial charge in [-0.25, -0.2) is 9.48 Å². The van der Waals surface area contributed by atoms with Crippen LogP contribution < -0.4 is 5.73 Å². The summed E-state index contributed by atoms with van der Waals surface area (Å²) in [6.07, 6.45) is 1.86. The van der Waals surface area contributed by atoms with Gasteiger partial charge in [0.2, 0.25) is 0 Å². The second kappa shape index (κ2) is 6.99. The van der Waals surface area contributed by atoms with Crippen LogP contribution in [0.3, 0.4) is 0 Å². The molecule has 0 aliphatic carbocycles. The van der Waals surface area contributed by atoms with E-state index < -0.39 is 0 Å². The van der Waals surface area contributed by atoms with Gasteiger partial charge in [-0.05, 0) is 31.5 Å². The lowest BCUT2D eigenvalue weighted by molar-refractivity contribution is 0.0499. The van der Waals surface area contributed by atoms with Crippen LogP contribution in [0.4, 0.5) is 0 Å². The van der Waals surface area contributed by atoms with Gasteiger partial charge in [-0.15, -0.1) is 5.10 Å². The Bertz CT molecular complexity index is 622. The fourth-order valence-electron chi connectivity index (χ4n) is 1.95. The predicted octanol–water partition coefficient (Wildman–Crippen LogP) is 1.99. The Kier molecular flexibility index (Phi) is 5.05. The first-order valence-corrected chi connectivity index (χ1v) is 7.06. The number of hydrogen-bond donors (Lipinski definition) is 1. The second-order valence-corrected chi connectivity index (χ2v) is 4.78. The quantitative estimate of drug-likeness (QED) is 0.649. The number of rotatable bonds is 6. The van der Waals surface area contributed by atoms with Crippen LogP contribution in [0.5, 0.6) is 0 Å². The Morgan fingerprint density at radius 3 is 2.90 bits per heavy atom. The van der Waals surface area contributed by atoms with E-state index in [0.29, 0.717) is 18.7 Å². The summed E-state index contributed by atoms with van der Waals surface area (Å²) in [5, 5.41) is 8.08. The van der Waals surface area contributed by atoms with Crippen LogP contribution in [-0.2, 0) is 11.3 Å². The molecule has 2 aromatic rings. The standard InChI is InChI=1S/C15H20N4O2/c1-3-4-8-21-15(20)12-6-5-7-13(9-12)19-11(2)14(10-16)17-18-19/h5-7,9H,3-4,8,10,16H2,1-2H3. The van der Waals surface area contributed by atoms with Gasteiger partial charge in [-0.3, -0.25) is 0 Å². The van der Waals surface area contributed by atoms with Crippen molar-refractivity contribution >= 4 is 5.97 Å². The van der Waals surface area contributed by atoms with Crippen LogP contribution in [0.15, 0.2) is 24.3 Å². The van der Waals surface area contributed by atoms with E-state index in [4.69, 9.17) is 10.5 Å². The summed E-state index contributed by atoms with van der Waals surface area (Å²) in [4.78, 5) is 12.0. The van der Waals surface area contributed by atoms with E-state index in [1.807, 2.05) is 13.0 Å². The molecule has 0 aliphatic heterocycles. The fraction of sp³-hybridized carbons (Fsp3) is 0.400. The highest BCUT2D eigenvalue weighted by Crippen LogP contribution is 2.14. The van der Waals surface area contributed by atoms with Crippen molar-refractivity contribution in [3.63, 3.8) is 0 Å². The first kappa shape index (κ1) is 15.2. The Hall–Kier alpha value is -2.21. The first-order chi connectivity index (χ1) is 10.2. The van der Waals surface area contributed by atoms with Gasteiger partial charge in [0.15, 0.2) is 0 Å². The lowest BCUT2D eigenvalue weighted by atomic mass is 10.2. The molecule has 0 amide bonds. The van der Waals surface area contributed by atoms with Crippen LogP contribution in [0.2, 0.25) is 0 Å². The van der Waals surface area contributed by atoms with Crippen LogP contribution in [-0.4, -0.2) is 27.6 Å². The summed E-state index contributed by atoms with van der Waals surface area (Å²) < 4.78 is 6.88. The number of benzene rings is 1. The molecule has 6 heteroatoms. The van der Waals surface area contributed by atoms with E-state index in [9.17, 15) is 4.79 Å². The van der Waals surface area contributed by atoms with E-state index in [0.717, 1.165) is 29.9 Å². The van der Waals surface area contributed by atoms with Gasteiger partial charge in [0.1, 0.15) is 0 Å². The van der Waals surface area contributed by atoms with Crippen molar-refractivity contribution in [1.29, 1.82) is 0 Å². The lowest BCUT2D eigenvalue weighted by Crippen LogP contribution is -2.08. The molecule has 0 fully saturated rings. The number of carbonyl (C=O) groups is 1. The largest absolute Gasteiger partial charge is 0.462 e. The van der Waals surface area contributed by atoms with Crippen LogP contribution in [0.25, 0.3) is 5.69 Å². The highest BCUT2D eigenvalue weighted by Gasteiger charge is 2.12. The minimum Gasteiger partial charge on any atom is -0.462 e. The Labute approximate surface area is 123 Å². The third-order valence-electron chi connectivity index (χ3n) is 3.24. The van der Waals surface area contributed by atoms with Gasteiger partial charge in [-0.1, -0.05) is 24.6 Å². The number of carbonyl (C=O) groups excluding carboxylic acids is 1. The summed E-state index contributed by atoms with van der Waals surface area (Å²) in [6.45, 7) is 4.73. The van der Waals surface area contributed by atoms with E-state index >= 15 is 0 Å². The van der Waals surface area contributed by atoms with Crippen molar-refractivity contribution in [3.05, 3.63) is 41.2 Å². The van der Waals surface area contributed by atoms with Gasteiger partial charge < -0.3 is 10.5 Å². The number of esters is 1. The fourth-order valence-corrected chi connectivity index (χ4v) is 1.95. The highest BCUT2D eigenvalue weighted by atomic mass is 16.5. The Morgan fingerprint density at radius 1 is 1.43 bits per heavy atom. The van der Waals surface area contributed by atoms with Crippen molar-refractivity contribution in [2.75, 3.05) is 6.61 Å². The number of nitrogens with two attached hydrogens (primary N) is 1. The average molecular weight is 288 g/mol. The predicted molar refractivity (Wildman–Crippen MR) is 79.2 cm³/mol. The lowest BCUT2D eigenvalue weighted by Gasteiger charge is -2.07. The molecule has 0 atom stereocenters. The SMILES string of the molecule is CCCCOC(=O)c1cccc(-n2nnc(CN)c2C)c1. The second-order valence-electron chi connectivity index (χ2n) is 4.78. The van der Waals surface area contributed by atoms with Crippen LogP contribution in [0, 0.1) is 6.92 Å². The topological polar surface area (TPSA) is 83.0 Å². The highest BCUT2D eigenvalue weighted by molar-refractivity contribution is 5.90. The molecule has 21 heavy (non-hydrogen) atoms. The molecular weight excluding hydrogens is 268 g/mol. The Morgan fingerprint density at radius 2 is 2.24 bits per heavy atom. The molecule has 1 heterocycles. The molecule has 0 spiro atoms. The summed E-state index contributed by atoms with van der Waals surface area (Å²) in [5.41, 5.74) is 8.48. The van der Waals surface area contributed by atoms with Crippen molar-refractivity contribution in [2.24, 2.45) is 5.73 Å². The third kappa shape index (κ3) is 3.46. The molecule has 1 aromatic heterocycles. The number of hydrogen-bond acceptors (Lipinski definition) is 5. The van der Waals surface area contributed by atoms with Crippen molar-refractivity contribution in [1.82, 2.24) is 15.0 Å². The summed E-state index contributed by atoms with van der Waals surface area (Å²) in [7, 11) is 0. The Balaban J connectivity index is 2.21. The zero-order valence-corrected chi connectivity index (χ0v) is 12.4. The molecule has 1 aromatic carbocycles. The number of ether oxygens (including phenoxy) is 1. The maximum atomic E-state index is 12.0. The molecule has 0 saturated carbocycles. The van der Waals surface area contributed by atoms with Gasteiger partial charge in [0.25, 0.3) is 0 Å². The van der Waals surface area contributed by atoms with Gasteiger partial charge >= 0.3 is 5.97 Å². The molecule has 0 aliphatic rings. The summed E-state index contributed by atoms with van der Waals surface area (Å²) >= 11 is 0. The molecule has 0 radical (unpaired) electrons. The average Bonchev–Trinajstić information content (AvgIpc) is 2.88. The number of unbranched alkanes of at least 4 members (excludes halogenated alkanes) is 1. The van der Waals surface area contributed by atoms with E-state index in [1.165, 1.54) is 0 Å². The van der Waals surface area contributed by atoms with Crippen molar-refractivity contribution < 1.29 is 9.53 Å². The molecule has 0 saturated heterocycles. The monoisotopic (exact) mass is 288 g/mol. The number of nitrogens with zero attached hydrogens (tertiary/aromatic N) is 3. The van der Waals surface area contributed by atoms with Crippen LogP contribution in [0.1, 0.15) is 41.5 Å². The van der Waals surface area contributed by atoms with Gasteiger partial charge in [0.05, 0.1) is 29.2 Å². The molecule has 6 nitrogen and oxygen atoms in total. The zero-order chi connectivity index (χ0) is 15.2. The minimum absolute atomic E-state index is 0.317. The third-order valence-corrected chi connectivity index (χ3v) is 3.24. The zero-order valence-electron chi connectivity index (χ0n) is 12.4. The maximum Gasteiger partial charge on any atom is 0.338 e. The molecular formula is C15H20N4O2. The summed E-state index contributed by atoms with van der Waals surface area (Å²) in [6, 6.07) is 7.14. The normalized spacial score (nSPS) is 10.6. The van der Waals surface area contributed by atoms with E-state index in [-0.39, 0.29) is 5.97 Å². The molecule has 0 bridgehead atoms. The smallest absolute Gasteiger partial charge is 0.338 e. The van der Waals surface area contributed by atoms with Gasteiger partial charge in [0, 0.05) is 6.54 Å². The minimum atomic E-state index is -0.317. The van der Waals surface area contributed by atoms with Crippen LogP contribution >= 0.6 is 0 Å². The number of aromatic nitrogens is 3. The van der Waals surface area contributed by atoms with E-state index in [2.05, 4.69) is 17.2 Å². The molecule has 112 valence electrons.